The van der Waals surface area contributed by atoms with Crippen LogP contribution in [0.2, 0.25) is 0 Å². The number of likely N-dealkylation sites (tertiary alicyclic amines) is 1. The fraction of sp³-hybridized carbons (Fsp3) is 0.542. The van der Waals surface area contributed by atoms with Crippen molar-refractivity contribution in [2.45, 2.75) is 58.2 Å². The van der Waals surface area contributed by atoms with Crippen LogP contribution in [0.5, 0.6) is 5.75 Å². The molecule has 2 heterocycles. The fourth-order valence-corrected chi connectivity index (χ4v) is 4.72. The summed E-state index contributed by atoms with van der Waals surface area (Å²) in [4.78, 5) is 25.5. The number of fused-ring (bicyclic) bond motifs is 1. The highest BCUT2D eigenvalue weighted by atomic mass is 16.5. The number of carbonyl (C=O) groups excluding carboxylic acids is 1. The number of anilines is 1. The molecule has 1 amide bonds. The minimum atomic E-state index is 0.0253. The van der Waals surface area contributed by atoms with Gasteiger partial charge in [-0.3, -0.25) is 9.69 Å². The number of aryl methyl sites for hydroxylation is 2. The topological polar surface area (TPSA) is 70.6 Å². The Morgan fingerprint density at radius 2 is 2.00 bits per heavy atom. The summed E-state index contributed by atoms with van der Waals surface area (Å²) in [6.45, 7) is 3.90. The van der Waals surface area contributed by atoms with Crippen molar-refractivity contribution in [3.8, 4) is 5.75 Å². The second kappa shape index (κ2) is 9.22. The molecule has 4 rings (SSSR count). The van der Waals surface area contributed by atoms with Gasteiger partial charge in [0.05, 0.1) is 25.4 Å². The van der Waals surface area contributed by atoms with Gasteiger partial charge < -0.3 is 15.0 Å². The third kappa shape index (κ3) is 4.66. The summed E-state index contributed by atoms with van der Waals surface area (Å²) in [7, 11) is 5.43. The molecule has 1 aliphatic heterocycles. The largest absolute Gasteiger partial charge is 0.496 e. The molecule has 166 valence electrons. The monoisotopic (exact) mass is 423 g/mol. The molecular weight excluding hydrogens is 390 g/mol. The van der Waals surface area contributed by atoms with Gasteiger partial charge in [0.25, 0.3) is 0 Å². The van der Waals surface area contributed by atoms with Crippen molar-refractivity contribution >= 4 is 11.7 Å². The Morgan fingerprint density at radius 1 is 1.23 bits per heavy atom. The van der Waals surface area contributed by atoms with Crippen LogP contribution in [0, 0.1) is 0 Å². The maximum absolute atomic E-state index is 11.7. The number of carbonyl (C=O) groups is 1. The number of amides is 1. The van der Waals surface area contributed by atoms with E-state index in [0.717, 1.165) is 61.9 Å². The normalized spacial score (nSPS) is 18.1. The van der Waals surface area contributed by atoms with Crippen LogP contribution in [0.15, 0.2) is 18.2 Å². The van der Waals surface area contributed by atoms with Crippen LogP contribution in [0.4, 0.5) is 5.82 Å². The van der Waals surface area contributed by atoms with Gasteiger partial charge in [-0.15, -0.1) is 0 Å². The van der Waals surface area contributed by atoms with Gasteiger partial charge in [0, 0.05) is 39.2 Å². The summed E-state index contributed by atoms with van der Waals surface area (Å²) in [5, 5.41) is 3.15. The zero-order valence-corrected chi connectivity index (χ0v) is 19.1. The van der Waals surface area contributed by atoms with Crippen LogP contribution in [-0.4, -0.2) is 53.4 Å². The molecule has 0 radical (unpaired) electrons. The van der Waals surface area contributed by atoms with Gasteiger partial charge in [-0.25, -0.2) is 9.97 Å². The lowest BCUT2D eigenvalue weighted by Gasteiger charge is -2.25. The van der Waals surface area contributed by atoms with Crippen molar-refractivity contribution in [3.63, 3.8) is 0 Å². The number of rotatable bonds is 7. The van der Waals surface area contributed by atoms with E-state index in [4.69, 9.17) is 14.7 Å². The van der Waals surface area contributed by atoms with Crippen molar-refractivity contribution in [2.24, 2.45) is 0 Å². The van der Waals surface area contributed by atoms with Gasteiger partial charge in [-0.1, -0.05) is 6.07 Å². The summed E-state index contributed by atoms with van der Waals surface area (Å²) >= 11 is 0. The van der Waals surface area contributed by atoms with E-state index in [0.29, 0.717) is 6.54 Å². The molecule has 1 aromatic carbocycles. The van der Waals surface area contributed by atoms with E-state index in [1.54, 1.807) is 26.0 Å². The maximum atomic E-state index is 11.7. The van der Waals surface area contributed by atoms with E-state index >= 15 is 0 Å². The Kier molecular flexibility index (Phi) is 6.41. The number of aromatic nitrogens is 2. The standard InChI is InChI=1S/C24H33N5O2/c1-16(30)28(3)15-20-13-23(25-2)27-24(26-20)21-9-6-10-29(21)14-19-11-17-7-5-8-18(17)12-22(19)31-4/h11-13,21H,5-10,14-15H2,1-4H3,(H,25,26,27). The Labute approximate surface area is 184 Å². The first kappa shape index (κ1) is 21.6. The summed E-state index contributed by atoms with van der Waals surface area (Å²) in [5.74, 6) is 2.63. The van der Waals surface area contributed by atoms with E-state index in [2.05, 4.69) is 22.3 Å². The number of nitrogens with zero attached hydrogens (tertiary/aromatic N) is 4. The van der Waals surface area contributed by atoms with Gasteiger partial charge in [0.2, 0.25) is 5.91 Å². The predicted octanol–water partition coefficient (Wildman–Crippen LogP) is 3.33. The molecule has 0 saturated carbocycles. The predicted molar refractivity (Wildman–Crippen MR) is 121 cm³/mol. The van der Waals surface area contributed by atoms with Crippen LogP contribution in [-0.2, 0) is 30.7 Å². The van der Waals surface area contributed by atoms with Crippen molar-refractivity contribution in [2.75, 3.05) is 33.1 Å². The van der Waals surface area contributed by atoms with Crippen molar-refractivity contribution in [1.82, 2.24) is 19.8 Å². The Morgan fingerprint density at radius 3 is 2.71 bits per heavy atom. The molecule has 1 aromatic heterocycles. The smallest absolute Gasteiger partial charge is 0.219 e. The zero-order chi connectivity index (χ0) is 22.0. The minimum Gasteiger partial charge on any atom is -0.496 e. The van der Waals surface area contributed by atoms with Crippen LogP contribution in [0.25, 0.3) is 0 Å². The Balaban J connectivity index is 1.59. The maximum Gasteiger partial charge on any atom is 0.219 e. The molecule has 1 aliphatic carbocycles. The third-order valence-corrected chi connectivity index (χ3v) is 6.52. The molecular formula is C24H33N5O2. The highest BCUT2D eigenvalue weighted by Crippen LogP contribution is 2.36. The number of methoxy groups -OCH3 is 1. The molecule has 1 saturated heterocycles. The van der Waals surface area contributed by atoms with Crippen LogP contribution in [0.3, 0.4) is 0 Å². The SMILES string of the molecule is CNc1cc(CN(C)C(C)=O)nc(C2CCCN2Cc2cc3c(cc2OC)CCC3)n1. The zero-order valence-electron chi connectivity index (χ0n) is 19.1. The summed E-state index contributed by atoms with van der Waals surface area (Å²) < 4.78 is 5.74. The van der Waals surface area contributed by atoms with Gasteiger partial charge >= 0.3 is 0 Å². The molecule has 2 aromatic rings. The molecule has 1 unspecified atom stereocenters. The first-order valence-corrected chi connectivity index (χ1v) is 11.2. The van der Waals surface area contributed by atoms with Gasteiger partial charge in [0.1, 0.15) is 17.4 Å². The number of hydrogen-bond acceptors (Lipinski definition) is 6. The second-order valence-corrected chi connectivity index (χ2v) is 8.64. The van der Waals surface area contributed by atoms with Crippen molar-refractivity contribution in [3.05, 3.63) is 46.4 Å². The quantitative estimate of drug-likeness (QED) is 0.737. The summed E-state index contributed by atoms with van der Waals surface area (Å²) in [6.07, 6.45) is 5.70. The molecule has 0 bridgehead atoms. The molecule has 2 aliphatic rings. The van der Waals surface area contributed by atoms with Gasteiger partial charge in [0.15, 0.2) is 0 Å². The number of hydrogen-bond donors (Lipinski definition) is 1. The lowest BCUT2D eigenvalue weighted by atomic mass is 10.0. The lowest BCUT2D eigenvalue weighted by molar-refractivity contribution is -0.128. The van der Waals surface area contributed by atoms with Crippen LogP contribution < -0.4 is 10.1 Å². The van der Waals surface area contributed by atoms with E-state index in [9.17, 15) is 4.79 Å². The Bertz CT molecular complexity index is 961. The van der Waals surface area contributed by atoms with Gasteiger partial charge in [-0.2, -0.15) is 0 Å². The highest BCUT2D eigenvalue weighted by Gasteiger charge is 2.30. The average Bonchev–Trinajstić information content (AvgIpc) is 3.41. The molecule has 0 spiro atoms. The number of benzene rings is 1. The average molecular weight is 424 g/mol. The lowest BCUT2D eigenvalue weighted by Crippen LogP contribution is -2.27. The fourth-order valence-electron chi connectivity index (χ4n) is 4.72. The van der Waals surface area contributed by atoms with Crippen LogP contribution >= 0.6 is 0 Å². The van der Waals surface area contributed by atoms with Gasteiger partial charge in [-0.05, 0) is 55.8 Å². The van der Waals surface area contributed by atoms with E-state index in [1.807, 2.05) is 13.1 Å². The molecule has 7 heteroatoms. The number of ether oxygens (including phenoxy) is 1. The molecule has 1 atom stereocenters. The van der Waals surface area contributed by atoms with Crippen LogP contribution in [0.1, 0.15) is 60.4 Å². The Hall–Kier alpha value is -2.67. The first-order chi connectivity index (χ1) is 15.0. The molecule has 7 nitrogen and oxygen atoms in total. The summed E-state index contributed by atoms with van der Waals surface area (Å²) in [5.41, 5.74) is 5.00. The number of nitrogens with one attached hydrogen (secondary N) is 1. The summed E-state index contributed by atoms with van der Waals surface area (Å²) in [6, 6.07) is 6.66. The molecule has 1 fully saturated rings. The van der Waals surface area contributed by atoms with E-state index in [1.165, 1.54) is 23.1 Å². The second-order valence-electron chi connectivity index (χ2n) is 8.64. The van der Waals surface area contributed by atoms with Crippen molar-refractivity contribution in [1.29, 1.82) is 0 Å². The first-order valence-electron chi connectivity index (χ1n) is 11.2. The highest BCUT2D eigenvalue weighted by molar-refractivity contribution is 5.72. The van der Waals surface area contributed by atoms with E-state index < -0.39 is 0 Å². The van der Waals surface area contributed by atoms with Crippen molar-refractivity contribution < 1.29 is 9.53 Å². The molecule has 1 N–H and O–H groups in total. The minimum absolute atomic E-state index is 0.0253. The molecule has 31 heavy (non-hydrogen) atoms. The van der Waals surface area contributed by atoms with E-state index in [-0.39, 0.29) is 11.9 Å². The third-order valence-electron chi connectivity index (χ3n) is 6.52.